The summed E-state index contributed by atoms with van der Waals surface area (Å²) < 4.78 is 12.8. The highest BCUT2D eigenvalue weighted by atomic mass is 19.1. The Bertz CT molecular complexity index is 260. The van der Waals surface area contributed by atoms with E-state index < -0.39 is 0 Å². The molecule has 13 heavy (non-hydrogen) atoms. The summed E-state index contributed by atoms with van der Waals surface area (Å²) in [4.78, 5) is 0. The van der Waals surface area contributed by atoms with Crippen LogP contribution in [-0.2, 0) is 0 Å². The van der Waals surface area contributed by atoms with Gasteiger partial charge in [0.05, 0.1) is 0 Å². The van der Waals surface area contributed by atoms with Crippen LogP contribution in [0.15, 0.2) is 24.3 Å². The first-order chi connectivity index (χ1) is 6.24. The van der Waals surface area contributed by atoms with Crippen molar-refractivity contribution in [2.75, 3.05) is 0 Å². The number of hydrogen-bond acceptors (Lipinski definition) is 1. The van der Waals surface area contributed by atoms with Crippen molar-refractivity contribution in [2.45, 2.75) is 32.2 Å². The fourth-order valence-electron chi connectivity index (χ4n) is 1.33. The number of nitrogens with two attached hydrogens (primary N) is 1. The summed E-state index contributed by atoms with van der Waals surface area (Å²) in [5, 5.41) is 0. The van der Waals surface area contributed by atoms with E-state index in [0.717, 1.165) is 24.8 Å². The molecule has 0 radical (unpaired) electrons. The summed E-state index contributed by atoms with van der Waals surface area (Å²) in [6.45, 7) is 2.12. The van der Waals surface area contributed by atoms with Crippen LogP contribution in [0, 0.1) is 5.82 Å². The van der Waals surface area contributed by atoms with E-state index >= 15 is 0 Å². The minimum absolute atomic E-state index is 0.0179. The van der Waals surface area contributed by atoms with Crippen LogP contribution in [0.2, 0.25) is 0 Å². The highest BCUT2D eigenvalue weighted by Crippen LogP contribution is 2.17. The molecule has 0 spiro atoms. The summed E-state index contributed by atoms with van der Waals surface area (Å²) >= 11 is 0. The SMILES string of the molecule is CCCC[C@@H](N)c1cccc(F)c1. The van der Waals surface area contributed by atoms with Crippen LogP contribution < -0.4 is 5.73 Å². The predicted octanol–water partition coefficient (Wildman–Crippen LogP) is 3.02. The fourth-order valence-corrected chi connectivity index (χ4v) is 1.33. The summed E-state index contributed by atoms with van der Waals surface area (Å²) in [6, 6.07) is 6.52. The Balaban J connectivity index is 2.60. The Morgan fingerprint density at radius 3 is 2.85 bits per heavy atom. The van der Waals surface area contributed by atoms with Gasteiger partial charge >= 0.3 is 0 Å². The first-order valence-electron chi connectivity index (χ1n) is 4.75. The Hall–Kier alpha value is -0.890. The minimum atomic E-state index is -0.204. The van der Waals surface area contributed by atoms with E-state index in [4.69, 9.17) is 5.73 Å². The lowest BCUT2D eigenvalue weighted by molar-refractivity contribution is 0.588. The molecule has 0 saturated heterocycles. The zero-order chi connectivity index (χ0) is 9.68. The third-order valence-electron chi connectivity index (χ3n) is 2.15. The molecule has 0 aromatic heterocycles. The van der Waals surface area contributed by atoms with E-state index in [-0.39, 0.29) is 11.9 Å². The topological polar surface area (TPSA) is 26.0 Å². The van der Waals surface area contributed by atoms with Crippen LogP contribution in [-0.4, -0.2) is 0 Å². The van der Waals surface area contributed by atoms with E-state index in [2.05, 4.69) is 6.92 Å². The second-order valence-corrected chi connectivity index (χ2v) is 3.30. The van der Waals surface area contributed by atoms with Gasteiger partial charge in [-0.15, -0.1) is 0 Å². The van der Waals surface area contributed by atoms with Crippen LogP contribution in [0.3, 0.4) is 0 Å². The molecule has 2 N–H and O–H groups in total. The van der Waals surface area contributed by atoms with E-state index in [0.29, 0.717) is 0 Å². The predicted molar refractivity (Wildman–Crippen MR) is 52.9 cm³/mol. The van der Waals surface area contributed by atoms with E-state index in [1.165, 1.54) is 12.1 Å². The molecule has 1 aromatic rings. The molecule has 2 heteroatoms. The Labute approximate surface area is 78.8 Å². The summed E-state index contributed by atoms with van der Waals surface area (Å²) in [5.74, 6) is -0.204. The maximum Gasteiger partial charge on any atom is 0.123 e. The standard InChI is InChI=1S/C11H16FN/c1-2-3-7-11(13)9-5-4-6-10(12)8-9/h4-6,8,11H,2-3,7,13H2,1H3/t11-/m1/s1. The van der Waals surface area contributed by atoms with Gasteiger partial charge in [0, 0.05) is 6.04 Å². The van der Waals surface area contributed by atoms with Crippen molar-refractivity contribution in [2.24, 2.45) is 5.73 Å². The van der Waals surface area contributed by atoms with Gasteiger partial charge in [0.1, 0.15) is 5.82 Å². The lowest BCUT2D eigenvalue weighted by atomic mass is 10.0. The van der Waals surface area contributed by atoms with Crippen LogP contribution in [0.5, 0.6) is 0 Å². The Morgan fingerprint density at radius 1 is 1.46 bits per heavy atom. The molecule has 0 bridgehead atoms. The normalized spacial score (nSPS) is 12.8. The zero-order valence-corrected chi connectivity index (χ0v) is 7.96. The van der Waals surface area contributed by atoms with Crippen molar-refractivity contribution in [1.29, 1.82) is 0 Å². The highest BCUT2D eigenvalue weighted by Gasteiger charge is 2.05. The second kappa shape index (κ2) is 4.97. The molecular weight excluding hydrogens is 165 g/mol. The molecule has 72 valence electrons. The number of rotatable bonds is 4. The molecular formula is C11H16FN. The van der Waals surface area contributed by atoms with Gasteiger partial charge in [-0.25, -0.2) is 4.39 Å². The Morgan fingerprint density at radius 2 is 2.23 bits per heavy atom. The van der Waals surface area contributed by atoms with Gasteiger partial charge in [0.25, 0.3) is 0 Å². The molecule has 0 aliphatic carbocycles. The van der Waals surface area contributed by atoms with E-state index in [9.17, 15) is 4.39 Å². The summed E-state index contributed by atoms with van der Waals surface area (Å²) in [5.41, 5.74) is 6.78. The third kappa shape index (κ3) is 3.15. The molecule has 0 unspecified atom stereocenters. The minimum Gasteiger partial charge on any atom is -0.324 e. The van der Waals surface area contributed by atoms with Crippen molar-refractivity contribution < 1.29 is 4.39 Å². The lowest BCUT2D eigenvalue weighted by Gasteiger charge is -2.10. The van der Waals surface area contributed by atoms with Crippen LogP contribution in [0.4, 0.5) is 4.39 Å². The molecule has 0 fully saturated rings. The fraction of sp³-hybridized carbons (Fsp3) is 0.455. The van der Waals surface area contributed by atoms with E-state index in [1.807, 2.05) is 6.07 Å². The number of hydrogen-bond donors (Lipinski definition) is 1. The van der Waals surface area contributed by atoms with Crippen molar-refractivity contribution in [1.82, 2.24) is 0 Å². The zero-order valence-electron chi connectivity index (χ0n) is 7.96. The van der Waals surface area contributed by atoms with Crippen molar-refractivity contribution in [3.63, 3.8) is 0 Å². The third-order valence-corrected chi connectivity index (χ3v) is 2.15. The van der Waals surface area contributed by atoms with Crippen molar-refractivity contribution in [3.05, 3.63) is 35.6 Å². The van der Waals surface area contributed by atoms with Crippen LogP contribution in [0.1, 0.15) is 37.8 Å². The Kier molecular flexibility index (Phi) is 3.90. The maximum atomic E-state index is 12.8. The van der Waals surface area contributed by atoms with Crippen molar-refractivity contribution in [3.8, 4) is 0 Å². The summed E-state index contributed by atoms with van der Waals surface area (Å²) in [6.07, 6.45) is 3.15. The monoisotopic (exact) mass is 181 g/mol. The largest absolute Gasteiger partial charge is 0.324 e. The molecule has 0 saturated carbocycles. The van der Waals surface area contributed by atoms with Gasteiger partial charge in [-0.3, -0.25) is 0 Å². The van der Waals surface area contributed by atoms with Gasteiger partial charge in [-0.1, -0.05) is 31.9 Å². The van der Waals surface area contributed by atoms with Gasteiger partial charge in [-0.2, -0.15) is 0 Å². The second-order valence-electron chi connectivity index (χ2n) is 3.30. The van der Waals surface area contributed by atoms with Gasteiger partial charge in [0.15, 0.2) is 0 Å². The smallest absolute Gasteiger partial charge is 0.123 e. The highest BCUT2D eigenvalue weighted by molar-refractivity contribution is 5.19. The van der Waals surface area contributed by atoms with Crippen molar-refractivity contribution >= 4 is 0 Å². The molecule has 1 atom stereocenters. The number of halogens is 1. The average molecular weight is 181 g/mol. The number of unbranched alkanes of at least 4 members (excludes halogenated alkanes) is 1. The quantitative estimate of drug-likeness (QED) is 0.759. The lowest BCUT2D eigenvalue weighted by Crippen LogP contribution is -2.09. The van der Waals surface area contributed by atoms with Gasteiger partial charge in [0.2, 0.25) is 0 Å². The molecule has 0 amide bonds. The maximum absolute atomic E-state index is 12.8. The van der Waals surface area contributed by atoms with Crippen LogP contribution >= 0.6 is 0 Å². The van der Waals surface area contributed by atoms with Crippen LogP contribution in [0.25, 0.3) is 0 Å². The molecule has 0 aliphatic rings. The summed E-state index contributed by atoms with van der Waals surface area (Å²) in [7, 11) is 0. The average Bonchev–Trinajstić information content (AvgIpc) is 2.14. The first kappa shape index (κ1) is 10.2. The van der Waals surface area contributed by atoms with Gasteiger partial charge in [-0.05, 0) is 24.1 Å². The molecule has 1 nitrogen and oxygen atoms in total. The molecule has 0 aliphatic heterocycles. The van der Waals surface area contributed by atoms with Gasteiger partial charge < -0.3 is 5.73 Å². The molecule has 0 heterocycles. The molecule has 1 aromatic carbocycles. The van der Waals surface area contributed by atoms with E-state index in [1.54, 1.807) is 6.07 Å². The molecule has 1 rings (SSSR count). The number of benzene rings is 1. The first-order valence-corrected chi connectivity index (χ1v) is 4.75.